The largest absolute Gasteiger partial charge is 0.326 e. The molecule has 1 rings (SSSR count). The molecule has 0 amide bonds. The van der Waals surface area contributed by atoms with Crippen LogP contribution in [0.2, 0.25) is 0 Å². The molecule has 2 N–H and O–H groups in total. The Balaban J connectivity index is 2.99. The summed E-state index contributed by atoms with van der Waals surface area (Å²) in [5, 5.41) is 0. The molecule has 0 unspecified atom stereocenters. The maximum atomic E-state index is 7.13. The molecular weight excluding hydrogens is 98.1 g/mol. The number of hydrogen-bond acceptors (Lipinski definition) is 1. The molecule has 0 aliphatic rings. The molecule has 1 aromatic rings. The Morgan fingerprint density at radius 2 is 2.25 bits per heavy atom. The summed E-state index contributed by atoms with van der Waals surface area (Å²) in [5.74, 6) is 0. The van der Waals surface area contributed by atoms with Crippen molar-refractivity contribution in [3.8, 4) is 0 Å². The minimum atomic E-state index is -1.80. The molecule has 0 fully saturated rings. The van der Waals surface area contributed by atoms with Crippen molar-refractivity contribution in [1.82, 2.24) is 0 Å². The van der Waals surface area contributed by atoms with Gasteiger partial charge in [0, 0.05) is 9.24 Å². The molecule has 0 aliphatic carbocycles. The van der Waals surface area contributed by atoms with Gasteiger partial charge in [-0.25, -0.2) is 0 Å². The van der Waals surface area contributed by atoms with Crippen LogP contribution in [-0.4, -0.2) is 0 Å². The molecule has 1 heteroatoms. The van der Waals surface area contributed by atoms with Gasteiger partial charge in [-0.05, 0) is 5.56 Å². The zero-order chi connectivity index (χ0) is 8.48. The van der Waals surface area contributed by atoms with Crippen LogP contribution in [0, 0.1) is 0 Å². The van der Waals surface area contributed by atoms with Crippen LogP contribution in [0.15, 0.2) is 30.3 Å². The molecule has 0 atom stereocenters. The highest BCUT2D eigenvalue weighted by Crippen LogP contribution is 1.94. The smallest absolute Gasteiger partial charge is 0.0623 e. The zero-order valence-corrected chi connectivity index (χ0v) is 4.39. The lowest BCUT2D eigenvalue weighted by atomic mass is 10.2. The normalized spacial score (nSPS) is 16.4. The highest BCUT2D eigenvalue weighted by Gasteiger charge is 1.80. The number of hydrogen-bond donors (Lipinski definition) is 1. The fourth-order valence-corrected chi connectivity index (χ4v) is 0.483. The predicted molar refractivity (Wildman–Crippen MR) is 34.3 cm³/mol. The first-order valence-electron chi connectivity index (χ1n) is 3.86. The average Bonchev–Trinajstić information content (AvgIpc) is 1.86. The Hall–Kier alpha value is -0.820. The second kappa shape index (κ2) is 2.48. The molecule has 42 valence electrons. The zero-order valence-electron chi connectivity index (χ0n) is 7.39. The van der Waals surface area contributed by atoms with E-state index in [0.717, 1.165) is 0 Å². The van der Waals surface area contributed by atoms with Gasteiger partial charge >= 0.3 is 0 Å². The van der Waals surface area contributed by atoms with Crippen LogP contribution in [0.5, 0.6) is 0 Å². The first-order chi connectivity index (χ1) is 5.00. The van der Waals surface area contributed by atoms with Crippen molar-refractivity contribution >= 4 is 0 Å². The van der Waals surface area contributed by atoms with Crippen LogP contribution in [-0.2, 0) is 6.50 Å². The summed E-state index contributed by atoms with van der Waals surface area (Å²) >= 11 is 0. The third kappa shape index (κ3) is 1.07. The summed E-state index contributed by atoms with van der Waals surface area (Å²) in [4.78, 5) is 0. The Kier molecular flexibility index (Phi) is 0.820. The van der Waals surface area contributed by atoms with Gasteiger partial charge in [0.05, 0.1) is 1.37 Å². The lowest BCUT2D eigenvalue weighted by molar-refractivity contribution is 1.07. The molecule has 1 aromatic carbocycles. The fraction of sp³-hybridized carbons (Fsp3) is 0.143. The standard InChI is InChI=1S/C7H9N/c8-6-7-4-2-1-3-5-7/h1-5H,6,8H2/i1D,6D2. The van der Waals surface area contributed by atoms with E-state index in [1.165, 1.54) is 24.3 Å². The van der Waals surface area contributed by atoms with Crippen LogP contribution in [0.4, 0.5) is 0 Å². The van der Waals surface area contributed by atoms with Gasteiger partial charge in [-0.2, -0.15) is 0 Å². The summed E-state index contributed by atoms with van der Waals surface area (Å²) in [6.07, 6.45) is 0. The number of nitrogens with two attached hydrogens (primary N) is 1. The SMILES string of the molecule is [2H]c1ccc(C([2H])([2H])N)cc1. The molecule has 0 radical (unpaired) electrons. The Morgan fingerprint density at radius 3 is 2.75 bits per heavy atom. The minimum absolute atomic E-state index is 0.359. The summed E-state index contributed by atoms with van der Waals surface area (Å²) in [6, 6.07) is 6.42. The molecule has 0 heterocycles. The van der Waals surface area contributed by atoms with Crippen molar-refractivity contribution in [1.29, 1.82) is 0 Å². The molecule has 8 heavy (non-hydrogen) atoms. The van der Waals surface area contributed by atoms with E-state index in [4.69, 9.17) is 9.85 Å². The Morgan fingerprint density at radius 1 is 1.62 bits per heavy atom. The third-order valence-electron chi connectivity index (χ3n) is 0.885. The van der Waals surface area contributed by atoms with Crippen LogP contribution in [0.25, 0.3) is 0 Å². The maximum absolute atomic E-state index is 7.13. The van der Waals surface area contributed by atoms with Gasteiger partial charge in [0.25, 0.3) is 0 Å². The van der Waals surface area contributed by atoms with E-state index in [-0.39, 0.29) is 0 Å². The van der Waals surface area contributed by atoms with Crippen LogP contribution in [0.1, 0.15) is 9.68 Å². The second-order valence-electron chi connectivity index (χ2n) is 1.43. The van der Waals surface area contributed by atoms with E-state index < -0.39 is 6.50 Å². The molecule has 0 saturated carbocycles. The van der Waals surface area contributed by atoms with E-state index >= 15 is 0 Å². The van der Waals surface area contributed by atoms with Gasteiger partial charge in [-0.3, -0.25) is 0 Å². The molecule has 0 saturated heterocycles. The van der Waals surface area contributed by atoms with Crippen LogP contribution < -0.4 is 5.73 Å². The first kappa shape index (κ1) is 2.65. The van der Waals surface area contributed by atoms with Gasteiger partial charge in [0.2, 0.25) is 0 Å². The van der Waals surface area contributed by atoms with Gasteiger partial charge in [-0.1, -0.05) is 30.3 Å². The topological polar surface area (TPSA) is 26.0 Å². The highest BCUT2D eigenvalue weighted by molar-refractivity contribution is 5.13. The minimum Gasteiger partial charge on any atom is -0.326 e. The van der Waals surface area contributed by atoms with E-state index in [0.29, 0.717) is 11.6 Å². The molecule has 1 nitrogen and oxygen atoms in total. The molecule has 0 spiro atoms. The average molecular weight is 110 g/mol. The Labute approximate surface area is 53.4 Å². The van der Waals surface area contributed by atoms with Crippen molar-refractivity contribution in [2.45, 2.75) is 6.50 Å². The summed E-state index contributed by atoms with van der Waals surface area (Å²) in [7, 11) is 0. The van der Waals surface area contributed by atoms with E-state index in [1.807, 2.05) is 0 Å². The Bertz CT molecular complexity index is 237. The van der Waals surface area contributed by atoms with E-state index in [9.17, 15) is 0 Å². The summed E-state index contributed by atoms with van der Waals surface area (Å²) in [5.41, 5.74) is 5.58. The number of benzene rings is 1. The summed E-state index contributed by atoms with van der Waals surface area (Å²) in [6.45, 7) is -1.80. The molecule has 0 aromatic heterocycles. The van der Waals surface area contributed by atoms with Gasteiger partial charge in [0.1, 0.15) is 0 Å². The lowest BCUT2D eigenvalue weighted by Gasteiger charge is -1.90. The van der Waals surface area contributed by atoms with Gasteiger partial charge in [0.15, 0.2) is 0 Å². The quantitative estimate of drug-likeness (QED) is 0.576. The van der Waals surface area contributed by atoms with Crippen molar-refractivity contribution < 1.29 is 4.11 Å². The van der Waals surface area contributed by atoms with Crippen LogP contribution >= 0.6 is 0 Å². The number of rotatable bonds is 1. The molecule has 0 bridgehead atoms. The van der Waals surface area contributed by atoms with Crippen molar-refractivity contribution in [3.05, 3.63) is 35.9 Å². The van der Waals surface area contributed by atoms with Crippen LogP contribution in [0.3, 0.4) is 0 Å². The van der Waals surface area contributed by atoms with Gasteiger partial charge < -0.3 is 5.73 Å². The summed E-state index contributed by atoms with van der Waals surface area (Å²) < 4.78 is 21.4. The monoisotopic (exact) mass is 110 g/mol. The van der Waals surface area contributed by atoms with Crippen molar-refractivity contribution in [3.63, 3.8) is 0 Å². The first-order valence-corrected chi connectivity index (χ1v) is 2.36. The van der Waals surface area contributed by atoms with Gasteiger partial charge in [-0.15, -0.1) is 0 Å². The molecule has 0 aliphatic heterocycles. The fourth-order valence-electron chi connectivity index (χ4n) is 0.483. The second-order valence-corrected chi connectivity index (χ2v) is 1.43. The van der Waals surface area contributed by atoms with E-state index in [2.05, 4.69) is 0 Å². The van der Waals surface area contributed by atoms with Crippen molar-refractivity contribution in [2.24, 2.45) is 5.73 Å². The maximum Gasteiger partial charge on any atom is 0.0623 e. The van der Waals surface area contributed by atoms with E-state index in [1.54, 1.807) is 0 Å². The predicted octanol–water partition coefficient (Wildman–Crippen LogP) is 1.15. The lowest BCUT2D eigenvalue weighted by Crippen LogP contribution is -1.94. The molecular formula is C7H9N. The third-order valence-corrected chi connectivity index (χ3v) is 0.885. The highest BCUT2D eigenvalue weighted by atomic mass is 14.5. The van der Waals surface area contributed by atoms with Crippen molar-refractivity contribution in [2.75, 3.05) is 0 Å².